The van der Waals surface area contributed by atoms with Crippen molar-refractivity contribution in [1.29, 1.82) is 0 Å². The average molecular weight is 439 g/mol. The van der Waals surface area contributed by atoms with Crippen LogP contribution in [0.5, 0.6) is 0 Å². The van der Waals surface area contributed by atoms with Gasteiger partial charge in [-0.3, -0.25) is 10.9 Å². The molecule has 30 heavy (non-hydrogen) atoms. The number of aromatic nitrogens is 1. The van der Waals surface area contributed by atoms with Crippen LogP contribution in [0.4, 0.5) is 5.82 Å². The molecule has 2 aromatic carbocycles. The van der Waals surface area contributed by atoms with E-state index in [9.17, 15) is 4.79 Å². The maximum absolute atomic E-state index is 11.0. The van der Waals surface area contributed by atoms with E-state index in [4.69, 9.17) is 28.9 Å². The fraction of sp³-hybridized carbons (Fsp3) is 0.136. The van der Waals surface area contributed by atoms with Crippen molar-refractivity contribution in [3.63, 3.8) is 0 Å². The van der Waals surface area contributed by atoms with Crippen molar-refractivity contribution in [2.24, 2.45) is 0 Å². The van der Waals surface area contributed by atoms with E-state index < -0.39 is 5.97 Å². The molecule has 6 nitrogen and oxygen atoms in total. The molecule has 0 bridgehead atoms. The Bertz CT molecular complexity index is 1070. The van der Waals surface area contributed by atoms with Gasteiger partial charge in [0.2, 0.25) is 0 Å². The second-order valence-corrected chi connectivity index (χ2v) is 7.73. The Kier molecular flexibility index (Phi) is 5.83. The number of rotatable bonds is 4. The van der Waals surface area contributed by atoms with Gasteiger partial charge in [-0.1, -0.05) is 60.1 Å². The number of nitrogens with one attached hydrogen (secondary N) is 3. The van der Waals surface area contributed by atoms with Crippen molar-refractivity contribution in [2.75, 3.05) is 5.43 Å². The zero-order chi connectivity index (χ0) is 21.1. The summed E-state index contributed by atoms with van der Waals surface area (Å²) in [6, 6.07) is 17.9. The first-order valence-corrected chi connectivity index (χ1v) is 10.2. The molecule has 0 atom stereocenters. The van der Waals surface area contributed by atoms with E-state index in [-0.39, 0.29) is 22.4 Å². The Morgan fingerprint density at radius 1 is 1.07 bits per heavy atom. The highest BCUT2D eigenvalue weighted by atomic mass is 35.5. The van der Waals surface area contributed by atoms with E-state index in [1.165, 1.54) is 34.5 Å². The predicted octanol–water partition coefficient (Wildman–Crippen LogP) is 4.11. The summed E-state index contributed by atoms with van der Waals surface area (Å²) in [5, 5.41) is 12.9. The van der Waals surface area contributed by atoms with Gasteiger partial charge in [0, 0.05) is 6.20 Å². The molecule has 8 heteroatoms. The summed E-state index contributed by atoms with van der Waals surface area (Å²) >= 11 is 11.6. The highest BCUT2D eigenvalue weighted by molar-refractivity contribution is 7.80. The monoisotopic (exact) mass is 438 g/mol. The van der Waals surface area contributed by atoms with Gasteiger partial charge in [0.1, 0.15) is 0 Å². The fourth-order valence-corrected chi connectivity index (χ4v) is 3.99. The van der Waals surface area contributed by atoms with E-state index in [0.717, 1.165) is 12.8 Å². The number of hydrogen-bond donors (Lipinski definition) is 4. The third-order valence-electron chi connectivity index (χ3n) is 5.05. The number of carboxylic acids is 1. The van der Waals surface area contributed by atoms with Crippen molar-refractivity contribution in [3.8, 4) is 0 Å². The molecule has 1 aliphatic rings. The molecule has 4 rings (SSSR count). The lowest BCUT2D eigenvalue weighted by Crippen LogP contribution is -2.41. The number of hydrazine groups is 1. The molecule has 0 saturated heterocycles. The molecule has 1 aliphatic carbocycles. The molecule has 1 aromatic heterocycles. The summed E-state index contributed by atoms with van der Waals surface area (Å²) in [7, 11) is 0. The maximum atomic E-state index is 11.0. The molecule has 0 amide bonds. The van der Waals surface area contributed by atoms with Crippen LogP contribution in [-0.2, 0) is 12.8 Å². The van der Waals surface area contributed by atoms with E-state index in [1.807, 2.05) is 12.1 Å². The smallest absolute Gasteiger partial charge is 0.337 e. The van der Waals surface area contributed by atoms with Gasteiger partial charge in [0.05, 0.1) is 16.6 Å². The number of carbonyl (C=O) groups is 1. The summed E-state index contributed by atoms with van der Waals surface area (Å²) in [5.74, 6) is -0.806. The van der Waals surface area contributed by atoms with Gasteiger partial charge in [-0.2, -0.15) is 0 Å². The number of halogens is 1. The zero-order valence-corrected chi connectivity index (χ0v) is 17.4. The average Bonchev–Trinajstić information content (AvgIpc) is 2.90. The minimum atomic E-state index is -1.09. The molecule has 1 heterocycles. The zero-order valence-electron chi connectivity index (χ0n) is 15.9. The molecular formula is C22H19ClN4O2S. The Morgan fingerprint density at radius 3 is 2.23 bits per heavy atom. The minimum Gasteiger partial charge on any atom is -0.478 e. The number of nitrogens with zero attached hydrogens (tertiary/aromatic N) is 1. The van der Waals surface area contributed by atoms with E-state index in [0.29, 0.717) is 5.11 Å². The Morgan fingerprint density at radius 2 is 1.67 bits per heavy atom. The SMILES string of the molecule is O=C(O)c1cnc(NNC(=S)NC2c3ccccc3CCc3ccccc32)c(Cl)c1. The van der Waals surface area contributed by atoms with Gasteiger partial charge in [-0.05, 0) is 53.4 Å². The molecule has 0 saturated carbocycles. The summed E-state index contributed by atoms with van der Waals surface area (Å²) in [6.45, 7) is 0. The first-order chi connectivity index (χ1) is 14.5. The number of benzene rings is 2. The molecule has 0 spiro atoms. The number of anilines is 1. The standard InChI is InChI=1S/C22H19ClN4O2S/c23-18-11-15(21(28)29)12-24-20(18)26-27-22(30)25-19-16-7-3-1-5-13(16)9-10-14-6-2-4-8-17(14)19/h1-8,11-12,19H,9-10H2,(H,24,26)(H,28,29)(H2,25,27,30). The van der Waals surface area contributed by atoms with E-state index in [2.05, 4.69) is 57.6 Å². The number of thiocarbonyl (C=S) groups is 1. The highest BCUT2D eigenvalue weighted by Crippen LogP contribution is 2.32. The van der Waals surface area contributed by atoms with Gasteiger partial charge in [-0.15, -0.1) is 0 Å². The van der Waals surface area contributed by atoms with Crippen LogP contribution in [0.1, 0.15) is 38.7 Å². The Labute approximate surface area is 184 Å². The molecule has 0 fully saturated rings. The van der Waals surface area contributed by atoms with Gasteiger partial charge in [-0.25, -0.2) is 9.78 Å². The molecule has 0 aliphatic heterocycles. The molecule has 3 aromatic rings. The maximum Gasteiger partial charge on any atom is 0.337 e. The summed E-state index contributed by atoms with van der Waals surface area (Å²) < 4.78 is 0. The van der Waals surface area contributed by atoms with Crippen molar-refractivity contribution < 1.29 is 9.90 Å². The predicted molar refractivity (Wildman–Crippen MR) is 121 cm³/mol. The summed E-state index contributed by atoms with van der Waals surface area (Å²) in [5.41, 5.74) is 10.7. The number of pyridine rings is 1. The van der Waals surface area contributed by atoms with Crippen molar-refractivity contribution in [2.45, 2.75) is 18.9 Å². The number of carboxylic acid groups (broad SMARTS) is 1. The molecular weight excluding hydrogens is 420 g/mol. The van der Waals surface area contributed by atoms with Crippen LogP contribution in [0.25, 0.3) is 0 Å². The van der Waals surface area contributed by atoms with Crippen molar-refractivity contribution in [1.82, 2.24) is 15.7 Å². The summed E-state index contributed by atoms with van der Waals surface area (Å²) in [6.07, 6.45) is 3.17. The van der Waals surface area contributed by atoms with Crippen LogP contribution in [0.15, 0.2) is 60.8 Å². The van der Waals surface area contributed by atoms with Crippen LogP contribution < -0.4 is 16.2 Å². The summed E-state index contributed by atoms with van der Waals surface area (Å²) in [4.78, 5) is 15.0. The van der Waals surface area contributed by atoms with Crippen LogP contribution in [0.2, 0.25) is 5.02 Å². The quantitative estimate of drug-likeness (QED) is 0.360. The highest BCUT2D eigenvalue weighted by Gasteiger charge is 2.23. The Hall–Kier alpha value is -3.16. The first kappa shape index (κ1) is 20.1. The van der Waals surface area contributed by atoms with E-state index >= 15 is 0 Å². The van der Waals surface area contributed by atoms with Crippen LogP contribution in [-0.4, -0.2) is 21.2 Å². The number of fused-ring (bicyclic) bond motifs is 2. The third-order valence-corrected chi connectivity index (χ3v) is 5.56. The topological polar surface area (TPSA) is 86.3 Å². The van der Waals surface area contributed by atoms with Crippen LogP contribution in [0.3, 0.4) is 0 Å². The van der Waals surface area contributed by atoms with Crippen LogP contribution in [0, 0.1) is 0 Å². The van der Waals surface area contributed by atoms with E-state index in [1.54, 1.807) is 0 Å². The lowest BCUT2D eigenvalue weighted by molar-refractivity contribution is 0.0696. The Balaban J connectivity index is 1.53. The normalized spacial score (nSPS) is 12.8. The second-order valence-electron chi connectivity index (χ2n) is 6.91. The number of hydrogen-bond acceptors (Lipinski definition) is 4. The third kappa shape index (κ3) is 4.22. The lowest BCUT2D eigenvalue weighted by Gasteiger charge is -2.24. The first-order valence-electron chi connectivity index (χ1n) is 9.40. The minimum absolute atomic E-state index is 0.0120. The van der Waals surface area contributed by atoms with Gasteiger partial charge in [0.25, 0.3) is 0 Å². The molecule has 4 N–H and O–H groups in total. The number of aryl methyl sites for hydroxylation is 2. The molecule has 0 radical (unpaired) electrons. The largest absolute Gasteiger partial charge is 0.478 e. The van der Waals surface area contributed by atoms with Gasteiger partial charge >= 0.3 is 5.97 Å². The van der Waals surface area contributed by atoms with Gasteiger partial charge < -0.3 is 10.4 Å². The molecule has 0 unspecified atom stereocenters. The fourth-order valence-electron chi connectivity index (χ4n) is 3.61. The van der Waals surface area contributed by atoms with Crippen molar-refractivity contribution in [3.05, 3.63) is 93.6 Å². The second kappa shape index (κ2) is 8.69. The lowest BCUT2D eigenvalue weighted by atomic mass is 9.95. The van der Waals surface area contributed by atoms with Crippen LogP contribution >= 0.6 is 23.8 Å². The molecule has 152 valence electrons. The van der Waals surface area contributed by atoms with Gasteiger partial charge in [0.15, 0.2) is 10.9 Å². The van der Waals surface area contributed by atoms with Crippen molar-refractivity contribution >= 4 is 40.7 Å². The number of aromatic carboxylic acids is 1.